The molecule has 3 aliphatic rings. The number of para-hydroxylation sites is 2. The van der Waals surface area contributed by atoms with Crippen molar-refractivity contribution in [2.75, 3.05) is 4.90 Å². The minimum absolute atomic E-state index is 0.163. The summed E-state index contributed by atoms with van der Waals surface area (Å²) in [6.07, 6.45) is 0. The number of furan rings is 2. The highest BCUT2D eigenvalue weighted by atomic mass is 16.3. The van der Waals surface area contributed by atoms with Crippen LogP contribution in [-0.4, -0.2) is 0 Å². The van der Waals surface area contributed by atoms with Gasteiger partial charge in [0.15, 0.2) is 0 Å². The highest BCUT2D eigenvalue weighted by molar-refractivity contribution is 6.14. The van der Waals surface area contributed by atoms with Crippen molar-refractivity contribution in [1.82, 2.24) is 0 Å². The van der Waals surface area contributed by atoms with E-state index >= 15 is 0 Å². The summed E-state index contributed by atoms with van der Waals surface area (Å²) in [5, 5.41) is 4.55. The zero-order valence-electron chi connectivity index (χ0n) is 33.7. The van der Waals surface area contributed by atoms with E-state index in [0.29, 0.717) is 0 Å². The van der Waals surface area contributed by atoms with Crippen LogP contribution in [0.1, 0.15) is 47.2 Å². The Morgan fingerprint density at radius 1 is 0.377 bits per heavy atom. The van der Waals surface area contributed by atoms with Gasteiger partial charge < -0.3 is 13.7 Å². The van der Waals surface area contributed by atoms with Gasteiger partial charge in [0, 0.05) is 43.9 Å². The number of fused-ring (bicyclic) bond motifs is 20. The molecule has 0 bridgehead atoms. The number of rotatable bonds is 3. The fourth-order valence-corrected chi connectivity index (χ4v) is 11.8. The van der Waals surface area contributed by atoms with Crippen LogP contribution in [0.4, 0.5) is 17.1 Å². The lowest BCUT2D eigenvalue weighted by Crippen LogP contribution is -2.26. The van der Waals surface area contributed by atoms with Crippen molar-refractivity contribution in [3.8, 4) is 33.4 Å². The van der Waals surface area contributed by atoms with Gasteiger partial charge >= 0.3 is 0 Å². The van der Waals surface area contributed by atoms with Crippen LogP contribution in [0.15, 0.2) is 197 Å². The van der Waals surface area contributed by atoms with E-state index in [-0.39, 0.29) is 5.41 Å². The fraction of sp³-hybridized carbons (Fsp3) is 0.0690. The molecule has 0 saturated heterocycles. The molecule has 0 N–H and O–H groups in total. The molecule has 3 nitrogen and oxygen atoms in total. The summed E-state index contributed by atoms with van der Waals surface area (Å²) in [6, 6.07) is 69.3. The Balaban J connectivity index is 1.10. The molecule has 1 spiro atoms. The van der Waals surface area contributed by atoms with Gasteiger partial charge in [0.1, 0.15) is 22.3 Å². The summed E-state index contributed by atoms with van der Waals surface area (Å²) in [7, 11) is 0. The van der Waals surface area contributed by atoms with Crippen molar-refractivity contribution in [2.45, 2.75) is 24.7 Å². The second-order valence-electron chi connectivity index (χ2n) is 17.5. The average Bonchev–Trinajstić information content (AvgIpc) is 4.08. The Hall–Kier alpha value is -7.62. The van der Waals surface area contributed by atoms with Gasteiger partial charge in [0.05, 0.1) is 11.1 Å². The maximum atomic E-state index is 6.65. The summed E-state index contributed by atoms with van der Waals surface area (Å²) in [6.45, 7) is 4.73. The molecule has 3 heteroatoms. The lowest BCUT2D eigenvalue weighted by Gasteiger charge is -2.32. The van der Waals surface area contributed by atoms with Gasteiger partial charge in [-0.2, -0.15) is 0 Å². The molecule has 0 fully saturated rings. The van der Waals surface area contributed by atoms with Crippen LogP contribution in [-0.2, 0) is 10.8 Å². The van der Waals surface area contributed by atoms with Crippen molar-refractivity contribution < 1.29 is 8.83 Å². The molecule has 14 rings (SSSR count). The third-order valence-electron chi connectivity index (χ3n) is 14.3. The van der Waals surface area contributed by atoms with Gasteiger partial charge in [-0.1, -0.05) is 147 Å². The number of anilines is 3. The van der Waals surface area contributed by atoms with Gasteiger partial charge in [-0.3, -0.25) is 0 Å². The highest BCUT2D eigenvalue weighted by Gasteiger charge is 2.54. The number of nitrogens with zero attached hydrogens (tertiary/aromatic N) is 1. The highest BCUT2D eigenvalue weighted by Crippen LogP contribution is 2.66. The number of benzene rings is 9. The average molecular weight is 780 g/mol. The summed E-state index contributed by atoms with van der Waals surface area (Å²) in [4.78, 5) is 2.50. The monoisotopic (exact) mass is 779 g/mol. The third-order valence-corrected chi connectivity index (χ3v) is 14.3. The first-order chi connectivity index (χ1) is 30.0. The molecule has 0 aliphatic heterocycles. The van der Waals surface area contributed by atoms with Crippen LogP contribution in [0.5, 0.6) is 0 Å². The quantitative estimate of drug-likeness (QED) is 0.179. The van der Waals surface area contributed by atoms with Crippen LogP contribution in [0.3, 0.4) is 0 Å². The Labute approximate surface area is 352 Å². The van der Waals surface area contributed by atoms with Gasteiger partial charge in [-0.25, -0.2) is 0 Å². The van der Waals surface area contributed by atoms with Crippen LogP contribution < -0.4 is 4.90 Å². The molecule has 61 heavy (non-hydrogen) atoms. The molecule has 2 aromatic heterocycles. The van der Waals surface area contributed by atoms with Crippen molar-refractivity contribution in [2.24, 2.45) is 0 Å². The first kappa shape index (κ1) is 33.2. The topological polar surface area (TPSA) is 29.5 Å². The number of hydrogen-bond acceptors (Lipinski definition) is 3. The molecule has 3 aliphatic carbocycles. The van der Waals surface area contributed by atoms with E-state index < -0.39 is 5.41 Å². The third kappa shape index (κ3) is 4.09. The van der Waals surface area contributed by atoms with E-state index in [1.54, 1.807) is 0 Å². The minimum atomic E-state index is -0.585. The van der Waals surface area contributed by atoms with Crippen LogP contribution in [0, 0.1) is 0 Å². The van der Waals surface area contributed by atoms with Crippen molar-refractivity contribution in [3.05, 3.63) is 221 Å². The maximum Gasteiger partial charge on any atom is 0.135 e. The van der Waals surface area contributed by atoms with Crippen LogP contribution >= 0.6 is 0 Å². The molecule has 0 radical (unpaired) electrons. The SMILES string of the molecule is CC1(C)c2ccccc2-c2ccc(N(c3ccc4oc5ccccc5c4c3)c3cccc4c3-c3ccccc3C43c4ccccc4-c4ccc5oc6ccccc6c5c43)cc21. The van der Waals surface area contributed by atoms with Gasteiger partial charge in [0.25, 0.3) is 0 Å². The van der Waals surface area contributed by atoms with E-state index in [4.69, 9.17) is 8.83 Å². The lowest BCUT2D eigenvalue weighted by molar-refractivity contribution is 0.660. The van der Waals surface area contributed by atoms with Crippen molar-refractivity contribution in [1.29, 1.82) is 0 Å². The molecule has 1 atom stereocenters. The molecule has 9 aromatic carbocycles. The minimum Gasteiger partial charge on any atom is -0.456 e. The van der Waals surface area contributed by atoms with Crippen molar-refractivity contribution in [3.63, 3.8) is 0 Å². The Kier molecular flexibility index (Phi) is 6.30. The standard InChI is InChI=1S/C58H37NO2/c1-57(2)44-19-8-3-14-36(44)38-28-26-35(33-48(38)57)59(34-27-30-52-43(32-34)39-16-6-11-24-50(39)60-52)49-23-13-22-47-54(49)41-17-5-10-21-46(41)58(47)45-20-9-4-15-37(45)40-29-31-53-55(56(40)58)42-18-7-12-25-51(42)61-53/h3-33H,1-2H3. The molecule has 2 heterocycles. The largest absolute Gasteiger partial charge is 0.456 e. The summed E-state index contributed by atoms with van der Waals surface area (Å²) >= 11 is 0. The molecule has 0 saturated carbocycles. The second-order valence-corrected chi connectivity index (χ2v) is 17.5. The van der Waals surface area contributed by atoms with Gasteiger partial charge in [0.2, 0.25) is 0 Å². The Morgan fingerprint density at radius 3 is 1.74 bits per heavy atom. The predicted molar refractivity (Wildman–Crippen MR) is 250 cm³/mol. The second kappa shape index (κ2) is 11.6. The maximum absolute atomic E-state index is 6.65. The molecular formula is C58H37NO2. The predicted octanol–water partition coefficient (Wildman–Crippen LogP) is 15.6. The van der Waals surface area contributed by atoms with E-state index in [1.165, 1.54) is 72.1 Å². The molecular weight excluding hydrogens is 743 g/mol. The smallest absolute Gasteiger partial charge is 0.135 e. The van der Waals surface area contributed by atoms with E-state index in [1.807, 2.05) is 6.07 Å². The van der Waals surface area contributed by atoms with E-state index in [0.717, 1.165) is 55.6 Å². The first-order valence-electron chi connectivity index (χ1n) is 21.3. The number of hydrogen-bond donors (Lipinski definition) is 0. The fourth-order valence-electron chi connectivity index (χ4n) is 11.8. The zero-order chi connectivity index (χ0) is 40.2. The Morgan fingerprint density at radius 2 is 0.918 bits per heavy atom. The lowest BCUT2D eigenvalue weighted by atomic mass is 9.69. The summed E-state index contributed by atoms with van der Waals surface area (Å²) in [5.74, 6) is 0. The van der Waals surface area contributed by atoms with Crippen LogP contribution in [0.25, 0.3) is 77.3 Å². The molecule has 1 unspecified atom stereocenters. The van der Waals surface area contributed by atoms with Crippen molar-refractivity contribution >= 4 is 60.9 Å². The van der Waals surface area contributed by atoms with Crippen LogP contribution in [0.2, 0.25) is 0 Å². The molecule has 286 valence electrons. The Bertz CT molecular complexity index is 3710. The van der Waals surface area contributed by atoms with E-state index in [9.17, 15) is 0 Å². The summed E-state index contributed by atoms with van der Waals surface area (Å²) < 4.78 is 13.1. The normalized spacial score (nSPS) is 16.2. The molecule has 0 amide bonds. The summed E-state index contributed by atoms with van der Waals surface area (Å²) in [5.41, 5.74) is 21.7. The molecule has 11 aromatic rings. The van der Waals surface area contributed by atoms with Gasteiger partial charge in [-0.05, 0) is 116 Å². The van der Waals surface area contributed by atoms with E-state index in [2.05, 4.69) is 201 Å². The van der Waals surface area contributed by atoms with Gasteiger partial charge in [-0.15, -0.1) is 0 Å². The first-order valence-corrected chi connectivity index (χ1v) is 21.3. The zero-order valence-corrected chi connectivity index (χ0v) is 33.7.